The maximum absolute atomic E-state index is 13.7. The van der Waals surface area contributed by atoms with Crippen molar-refractivity contribution in [1.29, 1.82) is 0 Å². The fourth-order valence-electron chi connectivity index (χ4n) is 4.85. The first kappa shape index (κ1) is 23.9. The van der Waals surface area contributed by atoms with Crippen LogP contribution >= 0.6 is 0 Å². The van der Waals surface area contributed by atoms with E-state index in [4.69, 9.17) is 13.9 Å². The average molecular weight is 494 g/mol. The first-order valence-electron chi connectivity index (χ1n) is 12.1. The minimum Gasteiger partial charge on any atom is -0.504 e. The number of Topliss-reactive ketones (excluding diaryl/α,β-unsaturated/α-hetero) is 1. The molecule has 2 aliphatic rings. The lowest BCUT2D eigenvalue weighted by Crippen LogP contribution is -3.14. The molecule has 2 aliphatic heterocycles. The molecule has 1 atom stereocenters. The Hall–Kier alpha value is -3.82. The summed E-state index contributed by atoms with van der Waals surface area (Å²) in [5.41, 5.74) is 1.03. The van der Waals surface area contributed by atoms with Crippen molar-refractivity contribution in [2.24, 2.45) is 0 Å². The average Bonchev–Trinajstić information content (AvgIpc) is 3.44. The molecule has 2 aromatic carbocycles. The molecule has 9 nitrogen and oxygen atoms in total. The van der Waals surface area contributed by atoms with Crippen molar-refractivity contribution >= 4 is 22.7 Å². The quantitative estimate of drug-likeness (QED) is 0.412. The van der Waals surface area contributed by atoms with E-state index in [2.05, 4.69) is 0 Å². The van der Waals surface area contributed by atoms with Crippen molar-refractivity contribution in [3.63, 3.8) is 0 Å². The number of benzene rings is 2. The van der Waals surface area contributed by atoms with Crippen LogP contribution in [0.25, 0.3) is 11.0 Å². The summed E-state index contributed by atoms with van der Waals surface area (Å²) in [5, 5.41) is 21.9. The Morgan fingerprint density at radius 3 is 2.67 bits per heavy atom. The zero-order valence-electron chi connectivity index (χ0n) is 20.0. The van der Waals surface area contributed by atoms with Gasteiger partial charge in [0.05, 0.1) is 44.5 Å². The maximum Gasteiger partial charge on any atom is 0.290 e. The number of ether oxygens (including phenoxy) is 2. The van der Waals surface area contributed by atoms with Crippen LogP contribution in [0.5, 0.6) is 11.5 Å². The molecule has 3 N–H and O–H groups in total. The molecule has 5 rings (SSSR count). The highest BCUT2D eigenvalue weighted by molar-refractivity contribution is 6.16. The summed E-state index contributed by atoms with van der Waals surface area (Å²) < 4.78 is 16.7. The number of nitrogens with zero attached hydrogens (tertiary/aromatic N) is 1. The van der Waals surface area contributed by atoms with E-state index < -0.39 is 23.5 Å². The molecule has 1 amide bonds. The van der Waals surface area contributed by atoms with E-state index in [9.17, 15) is 19.8 Å². The monoisotopic (exact) mass is 493 g/mol. The number of aromatic hydroxyl groups is 1. The standard InChI is InChI=1S/C27H28N2O7/c1-2-35-21-16-18(7-8-19(21)30)24-23(25(31)22-15-17-5-3-4-6-20(17)36-22)26(32)27(33)29(24)10-9-28-11-13-34-14-12-28/h3-8,15-16,24,30,32H,2,9-14H2,1H3/p+1/t24-/m0/s1. The van der Waals surface area contributed by atoms with Crippen LogP contribution in [0, 0.1) is 0 Å². The van der Waals surface area contributed by atoms with Crippen LogP contribution in [0.1, 0.15) is 29.1 Å². The smallest absolute Gasteiger partial charge is 0.290 e. The van der Waals surface area contributed by atoms with Gasteiger partial charge in [0.2, 0.25) is 5.78 Å². The van der Waals surface area contributed by atoms with Crippen LogP contribution < -0.4 is 9.64 Å². The predicted molar refractivity (Wildman–Crippen MR) is 130 cm³/mol. The molecule has 0 saturated carbocycles. The Balaban J connectivity index is 1.53. The zero-order valence-corrected chi connectivity index (χ0v) is 20.0. The fourth-order valence-corrected chi connectivity index (χ4v) is 4.85. The second-order valence-electron chi connectivity index (χ2n) is 8.91. The number of morpholine rings is 1. The second-order valence-corrected chi connectivity index (χ2v) is 8.91. The molecule has 0 spiro atoms. The summed E-state index contributed by atoms with van der Waals surface area (Å²) in [6, 6.07) is 12.7. The van der Waals surface area contributed by atoms with Crippen LogP contribution in [0.2, 0.25) is 0 Å². The number of hydrogen-bond donors (Lipinski definition) is 3. The highest BCUT2D eigenvalue weighted by Crippen LogP contribution is 2.41. The van der Waals surface area contributed by atoms with E-state index in [-0.39, 0.29) is 22.8 Å². The zero-order chi connectivity index (χ0) is 25.2. The Bertz CT molecular complexity index is 1290. The van der Waals surface area contributed by atoms with Gasteiger partial charge in [0, 0.05) is 5.39 Å². The maximum atomic E-state index is 13.7. The number of fused-ring (bicyclic) bond motifs is 1. The number of quaternary nitrogens is 1. The van der Waals surface area contributed by atoms with Gasteiger partial charge in [0.15, 0.2) is 23.0 Å². The summed E-state index contributed by atoms with van der Waals surface area (Å²) in [4.78, 5) is 29.8. The van der Waals surface area contributed by atoms with E-state index in [0.29, 0.717) is 44.1 Å². The van der Waals surface area contributed by atoms with Gasteiger partial charge in [-0.2, -0.15) is 0 Å². The number of phenolic OH excluding ortho intramolecular Hbond substituents is 1. The third-order valence-electron chi connectivity index (χ3n) is 6.70. The van der Waals surface area contributed by atoms with Gasteiger partial charge < -0.3 is 33.9 Å². The predicted octanol–water partition coefficient (Wildman–Crippen LogP) is 2.03. The van der Waals surface area contributed by atoms with Gasteiger partial charge in [-0.05, 0) is 36.8 Å². The Kier molecular flexibility index (Phi) is 6.67. The molecule has 0 aliphatic carbocycles. The molecule has 3 aromatic rings. The first-order chi connectivity index (χ1) is 17.5. The minimum atomic E-state index is -0.863. The van der Waals surface area contributed by atoms with Gasteiger partial charge in [-0.25, -0.2) is 0 Å². The van der Waals surface area contributed by atoms with Crippen LogP contribution in [-0.4, -0.2) is 72.8 Å². The number of para-hydroxylation sites is 1. The molecule has 0 unspecified atom stereocenters. The number of nitrogens with one attached hydrogen (secondary N) is 1. The number of hydrogen-bond acceptors (Lipinski definition) is 7. The van der Waals surface area contributed by atoms with Gasteiger partial charge in [-0.15, -0.1) is 0 Å². The van der Waals surface area contributed by atoms with Gasteiger partial charge in [0.25, 0.3) is 5.91 Å². The highest BCUT2D eigenvalue weighted by atomic mass is 16.5. The number of rotatable bonds is 8. The molecular formula is C27H29N2O7+. The Morgan fingerprint density at radius 2 is 1.92 bits per heavy atom. The fraction of sp³-hybridized carbons (Fsp3) is 0.333. The largest absolute Gasteiger partial charge is 0.504 e. The van der Waals surface area contributed by atoms with E-state index in [1.807, 2.05) is 12.1 Å². The third-order valence-corrected chi connectivity index (χ3v) is 6.70. The number of carbonyl (C=O) groups excluding carboxylic acids is 2. The number of ketones is 1. The SMILES string of the molecule is CCOc1cc([C@H]2C(C(=O)c3cc4ccccc4o3)=C(O)C(=O)N2CC[NH+]2CCOCC2)ccc1O. The lowest BCUT2D eigenvalue weighted by Gasteiger charge is -2.30. The molecule has 36 heavy (non-hydrogen) atoms. The molecule has 1 saturated heterocycles. The molecular weight excluding hydrogens is 464 g/mol. The Labute approximate surface area is 208 Å². The second kappa shape index (κ2) is 10.0. The van der Waals surface area contributed by atoms with E-state index in [0.717, 1.165) is 18.5 Å². The van der Waals surface area contributed by atoms with Gasteiger partial charge >= 0.3 is 0 Å². The van der Waals surface area contributed by atoms with Crippen molar-refractivity contribution in [2.45, 2.75) is 13.0 Å². The third kappa shape index (κ3) is 4.43. The number of furan rings is 1. The number of aliphatic hydroxyl groups excluding tert-OH is 1. The van der Waals surface area contributed by atoms with Crippen LogP contribution in [0.4, 0.5) is 0 Å². The number of amides is 1. The molecule has 0 bridgehead atoms. The lowest BCUT2D eigenvalue weighted by molar-refractivity contribution is -0.907. The minimum absolute atomic E-state index is 0.0417. The van der Waals surface area contributed by atoms with E-state index in [1.165, 1.54) is 15.9 Å². The molecule has 1 aromatic heterocycles. The van der Waals surface area contributed by atoms with Crippen molar-refractivity contribution in [1.82, 2.24) is 4.90 Å². The summed E-state index contributed by atoms with van der Waals surface area (Å²) in [6.07, 6.45) is 0. The van der Waals surface area contributed by atoms with E-state index in [1.54, 1.807) is 37.3 Å². The number of carbonyl (C=O) groups is 2. The normalized spacial score (nSPS) is 18.9. The van der Waals surface area contributed by atoms with Crippen molar-refractivity contribution < 1.29 is 38.6 Å². The summed E-state index contributed by atoms with van der Waals surface area (Å²) in [5.74, 6) is -1.53. The van der Waals surface area contributed by atoms with E-state index >= 15 is 0 Å². The highest BCUT2D eigenvalue weighted by Gasteiger charge is 2.45. The first-order valence-corrected chi connectivity index (χ1v) is 12.1. The molecule has 0 radical (unpaired) electrons. The summed E-state index contributed by atoms with van der Waals surface area (Å²) in [7, 11) is 0. The molecule has 1 fully saturated rings. The van der Waals surface area contributed by atoms with Crippen molar-refractivity contribution in [2.75, 3.05) is 46.0 Å². The topological polar surface area (TPSA) is 114 Å². The van der Waals surface area contributed by atoms with Crippen molar-refractivity contribution in [3.8, 4) is 11.5 Å². The Morgan fingerprint density at radius 1 is 1.14 bits per heavy atom. The van der Waals surface area contributed by atoms with Crippen LogP contribution in [0.3, 0.4) is 0 Å². The molecule has 188 valence electrons. The summed E-state index contributed by atoms with van der Waals surface area (Å²) in [6.45, 7) is 6.05. The summed E-state index contributed by atoms with van der Waals surface area (Å²) >= 11 is 0. The molecule has 3 heterocycles. The van der Waals surface area contributed by atoms with Crippen LogP contribution in [-0.2, 0) is 9.53 Å². The van der Waals surface area contributed by atoms with Gasteiger partial charge in [-0.1, -0.05) is 24.3 Å². The van der Waals surface area contributed by atoms with Crippen LogP contribution in [0.15, 0.2) is 64.3 Å². The molecule has 9 heteroatoms. The van der Waals surface area contributed by atoms with Gasteiger partial charge in [-0.3, -0.25) is 9.59 Å². The lowest BCUT2D eigenvalue weighted by atomic mass is 9.94. The number of phenols is 1. The van der Waals surface area contributed by atoms with Crippen molar-refractivity contribution in [3.05, 3.63) is 71.2 Å². The van der Waals surface area contributed by atoms with Gasteiger partial charge in [0.1, 0.15) is 18.7 Å². The number of aliphatic hydroxyl groups is 1.